The summed E-state index contributed by atoms with van der Waals surface area (Å²) >= 11 is 1.84. The summed E-state index contributed by atoms with van der Waals surface area (Å²) in [5, 5.41) is 0. The Morgan fingerprint density at radius 1 is 1.39 bits per heavy atom. The summed E-state index contributed by atoms with van der Waals surface area (Å²) in [6.07, 6.45) is 16.1. The van der Waals surface area contributed by atoms with Crippen LogP contribution in [0.1, 0.15) is 53.4 Å². The average molecular weight is 265 g/mol. The molecule has 0 aromatic rings. The molecule has 0 saturated carbocycles. The van der Waals surface area contributed by atoms with Gasteiger partial charge in [0.2, 0.25) is 0 Å². The average Bonchev–Trinajstić information content (AvgIpc) is 2.33. The molecule has 0 heterocycles. The highest BCUT2D eigenvalue weighted by atomic mass is 32.2. The van der Waals surface area contributed by atoms with Gasteiger partial charge in [0.05, 0.1) is 0 Å². The molecule has 1 nitrogen and oxygen atoms in total. The molecule has 2 heteroatoms. The molecule has 0 spiro atoms. The van der Waals surface area contributed by atoms with E-state index in [9.17, 15) is 0 Å². The molecule has 0 saturated heterocycles. The van der Waals surface area contributed by atoms with E-state index in [2.05, 4.69) is 62.8 Å². The van der Waals surface area contributed by atoms with E-state index in [1.165, 1.54) is 24.8 Å². The molecule has 1 rings (SSSR count). The molecule has 0 fully saturated rings. The topological polar surface area (TPSA) is 12.0 Å². The van der Waals surface area contributed by atoms with E-state index in [0.29, 0.717) is 6.04 Å². The summed E-state index contributed by atoms with van der Waals surface area (Å²) in [5.74, 6) is 0. The highest BCUT2D eigenvalue weighted by Crippen LogP contribution is 2.25. The van der Waals surface area contributed by atoms with E-state index in [-0.39, 0.29) is 4.75 Å². The first-order chi connectivity index (χ1) is 8.53. The van der Waals surface area contributed by atoms with Crippen molar-refractivity contribution in [2.45, 2.75) is 64.2 Å². The lowest BCUT2D eigenvalue weighted by molar-refractivity contribution is 0.655. The molecule has 1 unspecified atom stereocenters. The minimum atomic E-state index is 0.262. The Hall–Kier alpha value is -0.470. The van der Waals surface area contributed by atoms with Crippen molar-refractivity contribution in [3.63, 3.8) is 0 Å². The first-order valence-corrected chi connectivity index (χ1v) is 7.76. The van der Waals surface area contributed by atoms with Crippen molar-refractivity contribution < 1.29 is 0 Å². The maximum Gasteiger partial charge on any atom is 0.0421 e. The van der Waals surface area contributed by atoms with Crippen molar-refractivity contribution >= 4 is 11.9 Å². The second-order valence-electron chi connectivity index (χ2n) is 5.72. The molecule has 1 atom stereocenters. The van der Waals surface area contributed by atoms with Crippen LogP contribution < -0.4 is 4.72 Å². The van der Waals surface area contributed by atoms with Gasteiger partial charge in [-0.2, -0.15) is 0 Å². The Labute approximate surface area is 117 Å². The molecule has 1 aliphatic rings. The molecular formula is C16H27NS. The van der Waals surface area contributed by atoms with Crippen molar-refractivity contribution in [2.24, 2.45) is 0 Å². The van der Waals surface area contributed by atoms with Gasteiger partial charge < -0.3 is 0 Å². The molecule has 0 bridgehead atoms. The summed E-state index contributed by atoms with van der Waals surface area (Å²) in [4.78, 5) is 0. The summed E-state index contributed by atoms with van der Waals surface area (Å²) in [5.41, 5.74) is 1.46. The lowest BCUT2D eigenvalue weighted by Gasteiger charge is -2.25. The lowest BCUT2D eigenvalue weighted by atomic mass is 9.97. The number of rotatable bonds is 6. The first kappa shape index (κ1) is 15.6. The third kappa shape index (κ3) is 6.46. The third-order valence-electron chi connectivity index (χ3n) is 2.79. The SMILES string of the molecule is C/C=C\CCC(NSC(C)(C)C)C1=CCCC=C1. The Kier molecular flexibility index (Phi) is 6.80. The van der Waals surface area contributed by atoms with Gasteiger partial charge in [-0.15, -0.1) is 0 Å². The maximum absolute atomic E-state index is 3.65. The van der Waals surface area contributed by atoms with E-state index in [1.807, 2.05) is 11.9 Å². The van der Waals surface area contributed by atoms with Gasteiger partial charge in [-0.25, -0.2) is 0 Å². The third-order valence-corrected chi connectivity index (χ3v) is 3.81. The van der Waals surface area contributed by atoms with E-state index < -0.39 is 0 Å². The van der Waals surface area contributed by atoms with Crippen LogP contribution in [0.25, 0.3) is 0 Å². The fraction of sp³-hybridized carbons (Fsp3) is 0.625. The molecule has 0 aliphatic heterocycles. The van der Waals surface area contributed by atoms with Crippen LogP contribution in [-0.4, -0.2) is 10.8 Å². The van der Waals surface area contributed by atoms with Crippen LogP contribution >= 0.6 is 11.9 Å². The van der Waals surface area contributed by atoms with Crippen LogP contribution in [0.3, 0.4) is 0 Å². The van der Waals surface area contributed by atoms with Gasteiger partial charge in [0.15, 0.2) is 0 Å². The monoisotopic (exact) mass is 265 g/mol. The summed E-state index contributed by atoms with van der Waals surface area (Å²) in [6.45, 7) is 8.84. The van der Waals surface area contributed by atoms with Gasteiger partial charge in [0, 0.05) is 10.8 Å². The van der Waals surface area contributed by atoms with Gasteiger partial charge in [-0.1, -0.05) is 42.3 Å². The lowest BCUT2D eigenvalue weighted by Crippen LogP contribution is -2.29. The smallest absolute Gasteiger partial charge is 0.0421 e. The summed E-state index contributed by atoms with van der Waals surface area (Å²) in [7, 11) is 0. The molecule has 18 heavy (non-hydrogen) atoms. The molecule has 0 aromatic carbocycles. The van der Waals surface area contributed by atoms with E-state index in [1.54, 1.807) is 0 Å². The van der Waals surface area contributed by atoms with Crippen LogP contribution in [0.2, 0.25) is 0 Å². The van der Waals surface area contributed by atoms with Gasteiger partial charge >= 0.3 is 0 Å². The van der Waals surface area contributed by atoms with Crippen LogP contribution in [0.5, 0.6) is 0 Å². The quantitative estimate of drug-likeness (QED) is 0.534. The Balaban J connectivity index is 2.56. The molecule has 1 N–H and O–H groups in total. The molecular weight excluding hydrogens is 238 g/mol. The van der Waals surface area contributed by atoms with Crippen molar-refractivity contribution in [3.8, 4) is 0 Å². The van der Waals surface area contributed by atoms with E-state index in [4.69, 9.17) is 0 Å². The van der Waals surface area contributed by atoms with E-state index >= 15 is 0 Å². The predicted octanol–water partition coefficient (Wildman–Crippen LogP) is 5.02. The zero-order valence-electron chi connectivity index (χ0n) is 12.2. The van der Waals surface area contributed by atoms with Crippen LogP contribution in [-0.2, 0) is 0 Å². The van der Waals surface area contributed by atoms with Crippen molar-refractivity contribution in [1.82, 2.24) is 4.72 Å². The summed E-state index contributed by atoms with van der Waals surface area (Å²) < 4.78 is 3.91. The zero-order chi connectivity index (χ0) is 13.4. The molecule has 0 aromatic heterocycles. The van der Waals surface area contributed by atoms with E-state index in [0.717, 1.165) is 6.42 Å². The van der Waals surface area contributed by atoms with Crippen LogP contribution in [0.4, 0.5) is 0 Å². The standard InChI is InChI=1S/C16H27NS/c1-5-6-8-13-15(17-18-16(2,3)4)14-11-9-7-10-12-14/h5-6,9,11-12,15,17H,7-8,10,13H2,1-4H3/b6-5-. The fourth-order valence-corrected chi connectivity index (χ4v) is 2.61. The second-order valence-corrected chi connectivity index (χ2v) is 7.38. The van der Waals surface area contributed by atoms with Crippen LogP contribution in [0, 0.1) is 0 Å². The summed E-state index contributed by atoms with van der Waals surface area (Å²) in [6, 6.07) is 0.474. The highest BCUT2D eigenvalue weighted by Gasteiger charge is 2.17. The van der Waals surface area contributed by atoms with Crippen LogP contribution in [0.15, 0.2) is 36.0 Å². The number of nitrogens with one attached hydrogen (secondary N) is 1. The number of hydrogen-bond donors (Lipinski definition) is 1. The highest BCUT2D eigenvalue weighted by molar-refractivity contribution is 7.98. The van der Waals surface area contributed by atoms with Crippen molar-refractivity contribution in [3.05, 3.63) is 36.0 Å². The second kappa shape index (κ2) is 7.85. The van der Waals surface area contributed by atoms with Gasteiger partial charge in [0.1, 0.15) is 0 Å². The van der Waals surface area contributed by atoms with Gasteiger partial charge in [0.25, 0.3) is 0 Å². The number of allylic oxidation sites excluding steroid dienone is 4. The number of hydrogen-bond acceptors (Lipinski definition) is 2. The van der Waals surface area contributed by atoms with Gasteiger partial charge in [-0.3, -0.25) is 4.72 Å². The largest absolute Gasteiger partial charge is 0.256 e. The zero-order valence-corrected chi connectivity index (χ0v) is 13.0. The molecule has 1 aliphatic carbocycles. The normalized spacial score (nSPS) is 18.1. The Morgan fingerprint density at radius 2 is 2.17 bits per heavy atom. The van der Waals surface area contributed by atoms with Crippen molar-refractivity contribution in [2.75, 3.05) is 0 Å². The molecule has 102 valence electrons. The minimum Gasteiger partial charge on any atom is -0.256 e. The first-order valence-electron chi connectivity index (χ1n) is 6.94. The molecule has 0 amide bonds. The molecule has 0 radical (unpaired) electrons. The maximum atomic E-state index is 3.65. The minimum absolute atomic E-state index is 0.262. The Morgan fingerprint density at radius 3 is 2.72 bits per heavy atom. The predicted molar refractivity (Wildman–Crippen MR) is 84.8 cm³/mol. The van der Waals surface area contributed by atoms with Gasteiger partial charge in [-0.05, 0) is 59.0 Å². The van der Waals surface area contributed by atoms with Crippen molar-refractivity contribution in [1.29, 1.82) is 0 Å². The fourth-order valence-electron chi connectivity index (χ4n) is 1.86. The Bertz CT molecular complexity index is 320.